The summed E-state index contributed by atoms with van der Waals surface area (Å²) in [5.74, 6) is -0.149. The van der Waals surface area contributed by atoms with Gasteiger partial charge in [-0.05, 0) is 36.5 Å². The zero-order valence-electron chi connectivity index (χ0n) is 12.3. The first-order valence-corrected chi connectivity index (χ1v) is 8.97. The molecule has 0 radical (unpaired) electrons. The molecule has 1 aromatic carbocycles. The van der Waals surface area contributed by atoms with Crippen LogP contribution in [0.2, 0.25) is 0 Å². The van der Waals surface area contributed by atoms with Crippen molar-refractivity contribution in [2.24, 2.45) is 10.6 Å². The number of sulfonamides is 1. The SMILES string of the molecule is Cc1c(C(=O)N2CCC(C)(C)C2)cc(Br)cc1S(N)(=O)=O. The molecule has 5 nitrogen and oxygen atoms in total. The number of amides is 1. The van der Waals surface area contributed by atoms with Gasteiger partial charge in [0.1, 0.15) is 0 Å². The standard InChI is InChI=1S/C14H19BrN2O3S/c1-9-11(6-10(15)7-12(9)21(16,19)20)13(18)17-5-4-14(2,3)8-17/h6-7H,4-5,8H2,1-3H3,(H2,16,19,20). The van der Waals surface area contributed by atoms with Gasteiger partial charge in [-0.3, -0.25) is 4.79 Å². The predicted molar refractivity (Wildman–Crippen MR) is 84.6 cm³/mol. The number of nitrogens with zero attached hydrogens (tertiary/aromatic N) is 1. The highest BCUT2D eigenvalue weighted by molar-refractivity contribution is 9.10. The fraction of sp³-hybridized carbons (Fsp3) is 0.500. The second-order valence-corrected chi connectivity index (χ2v) is 8.71. The summed E-state index contributed by atoms with van der Waals surface area (Å²) in [7, 11) is -3.86. The molecule has 0 bridgehead atoms. The molecule has 0 aromatic heterocycles. The van der Waals surface area contributed by atoms with E-state index in [-0.39, 0.29) is 16.2 Å². The van der Waals surface area contributed by atoms with E-state index >= 15 is 0 Å². The van der Waals surface area contributed by atoms with E-state index in [9.17, 15) is 13.2 Å². The third-order valence-corrected chi connectivity index (χ3v) is 5.32. The van der Waals surface area contributed by atoms with E-state index in [1.165, 1.54) is 6.07 Å². The van der Waals surface area contributed by atoms with E-state index in [1.807, 2.05) is 0 Å². The molecule has 116 valence electrons. The van der Waals surface area contributed by atoms with Gasteiger partial charge in [0.2, 0.25) is 10.0 Å². The third kappa shape index (κ3) is 3.46. The van der Waals surface area contributed by atoms with Crippen LogP contribution in [-0.4, -0.2) is 32.3 Å². The molecular formula is C14H19BrN2O3S. The molecule has 2 N–H and O–H groups in total. The maximum Gasteiger partial charge on any atom is 0.254 e. The molecular weight excluding hydrogens is 356 g/mol. The number of halogens is 1. The van der Waals surface area contributed by atoms with Gasteiger partial charge in [-0.15, -0.1) is 0 Å². The Labute approximate surface area is 133 Å². The second-order valence-electron chi connectivity index (χ2n) is 6.26. The van der Waals surface area contributed by atoms with E-state index < -0.39 is 10.0 Å². The van der Waals surface area contributed by atoms with Gasteiger partial charge in [0.15, 0.2) is 0 Å². The van der Waals surface area contributed by atoms with Crippen LogP contribution < -0.4 is 5.14 Å². The number of likely N-dealkylation sites (tertiary alicyclic amines) is 1. The highest BCUT2D eigenvalue weighted by Gasteiger charge is 2.33. The average Bonchev–Trinajstić information content (AvgIpc) is 2.70. The Bertz CT molecular complexity index is 698. The van der Waals surface area contributed by atoms with Crippen molar-refractivity contribution in [2.75, 3.05) is 13.1 Å². The summed E-state index contributed by atoms with van der Waals surface area (Å²) in [6.45, 7) is 7.19. The fourth-order valence-electron chi connectivity index (χ4n) is 2.63. The summed E-state index contributed by atoms with van der Waals surface area (Å²) >= 11 is 3.25. The Morgan fingerprint density at radius 2 is 2.00 bits per heavy atom. The molecule has 0 saturated carbocycles. The second kappa shape index (κ2) is 5.37. The number of benzene rings is 1. The monoisotopic (exact) mass is 374 g/mol. The molecule has 2 rings (SSSR count). The van der Waals surface area contributed by atoms with Crippen molar-refractivity contribution in [3.05, 3.63) is 27.7 Å². The molecule has 1 aliphatic heterocycles. The van der Waals surface area contributed by atoms with Crippen LogP contribution in [0, 0.1) is 12.3 Å². The predicted octanol–water partition coefficient (Wildman–Crippen LogP) is 2.28. The number of carbonyl (C=O) groups is 1. The Morgan fingerprint density at radius 1 is 1.38 bits per heavy atom. The molecule has 7 heteroatoms. The molecule has 0 aliphatic carbocycles. The first-order valence-electron chi connectivity index (χ1n) is 6.63. The van der Waals surface area contributed by atoms with E-state index in [0.29, 0.717) is 28.7 Å². The summed E-state index contributed by atoms with van der Waals surface area (Å²) in [4.78, 5) is 14.4. The van der Waals surface area contributed by atoms with Gasteiger partial charge in [0.05, 0.1) is 4.90 Å². The van der Waals surface area contributed by atoms with Gasteiger partial charge in [-0.25, -0.2) is 13.6 Å². The highest BCUT2D eigenvalue weighted by atomic mass is 79.9. The van der Waals surface area contributed by atoms with Crippen LogP contribution in [0.15, 0.2) is 21.5 Å². The van der Waals surface area contributed by atoms with Gasteiger partial charge < -0.3 is 4.90 Å². The van der Waals surface area contributed by atoms with Crippen molar-refractivity contribution >= 4 is 31.9 Å². The number of primary sulfonamides is 1. The summed E-state index contributed by atoms with van der Waals surface area (Å²) < 4.78 is 23.8. The summed E-state index contributed by atoms with van der Waals surface area (Å²) in [5, 5.41) is 5.22. The van der Waals surface area contributed by atoms with Crippen LogP contribution in [-0.2, 0) is 10.0 Å². The smallest absolute Gasteiger partial charge is 0.254 e. The van der Waals surface area contributed by atoms with Crippen LogP contribution in [0.25, 0.3) is 0 Å². The van der Waals surface area contributed by atoms with Crippen molar-refractivity contribution in [1.82, 2.24) is 4.90 Å². The van der Waals surface area contributed by atoms with Gasteiger partial charge in [-0.1, -0.05) is 29.8 Å². The van der Waals surface area contributed by atoms with Gasteiger partial charge >= 0.3 is 0 Å². The molecule has 1 fully saturated rings. The van der Waals surface area contributed by atoms with Crippen molar-refractivity contribution in [2.45, 2.75) is 32.1 Å². The van der Waals surface area contributed by atoms with Crippen LogP contribution in [0.1, 0.15) is 36.2 Å². The van der Waals surface area contributed by atoms with E-state index in [2.05, 4.69) is 29.8 Å². The first-order chi connectivity index (χ1) is 9.51. The quantitative estimate of drug-likeness (QED) is 0.861. The Hall–Kier alpha value is -0.920. The number of rotatable bonds is 2. The van der Waals surface area contributed by atoms with Crippen LogP contribution in [0.5, 0.6) is 0 Å². The summed E-state index contributed by atoms with van der Waals surface area (Å²) in [6, 6.07) is 3.08. The minimum atomic E-state index is -3.86. The van der Waals surface area contributed by atoms with Gasteiger partial charge in [-0.2, -0.15) is 0 Å². The number of carbonyl (C=O) groups excluding carboxylic acids is 1. The lowest BCUT2D eigenvalue weighted by atomic mass is 9.93. The molecule has 1 aromatic rings. The molecule has 1 amide bonds. The minimum absolute atomic E-state index is 0.0151. The van der Waals surface area contributed by atoms with Crippen LogP contribution >= 0.6 is 15.9 Å². The maximum absolute atomic E-state index is 12.7. The normalized spacial score (nSPS) is 18.0. The Morgan fingerprint density at radius 3 is 2.48 bits per heavy atom. The van der Waals surface area contributed by atoms with Crippen molar-refractivity contribution in [3.63, 3.8) is 0 Å². The molecule has 0 spiro atoms. The van der Waals surface area contributed by atoms with Crippen molar-refractivity contribution in [1.29, 1.82) is 0 Å². The van der Waals surface area contributed by atoms with Crippen LogP contribution in [0.4, 0.5) is 0 Å². The summed E-state index contributed by atoms with van der Waals surface area (Å²) in [5.41, 5.74) is 0.875. The van der Waals surface area contributed by atoms with E-state index in [4.69, 9.17) is 5.14 Å². The Kier molecular flexibility index (Phi) is 4.21. The van der Waals surface area contributed by atoms with Crippen LogP contribution in [0.3, 0.4) is 0 Å². The highest BCUT2D eigenvalue weighted by Crippen LogP contribution is 2.31. The third-order valence-electron chi connectivity index (χ3n) is 3.83. The minimum Gasteiger partial charge on any atom is -0.338 e. The van der Waals surface area contributed by atoms with Gasteiger partial charge in [0, 0.05) is 23.1 Å². The number of hydrogen-bond donors (Lipinski definition) is 1. The molecule has 1 saturated heterocycles. The fourth-order valence-corrected chi connectivity index (χ4v) is 4.07. The first kappa shape index (κ1) is 16.5. The zero-order chi connectivity index (χ0) is 16.0. The molecule has 1 aliphatic rings. The molecule has 0 atom stereocenters. The van der Waals surface area contributed by atoms with Crippen molar-refractivity contribution < 1.29 is 13.2 Å². The molecule has 21 heavy (non-hydrogen) atoms. The average molecular weight is 375 g/mol. The van der Waals surface area contributed by atoms with Crippen molar-refractivity contribution in [3.8, 4) is 0 Å². The largest absolute Gasteiger partial charge is 0.338 e. The maximum atomic E-state index is 12.7. The topological polar surface area (TPSA) is 80.5 Å². The van der Waals surface area contributed by atoms with E-state index in [0.717, 1.165) is 6.42 Å². The van der Waals surface area contributed by atoms with Gasteiger partial charge in [0.25, 0.3) is 5.91 Å². The zero-order valence-corrected chi connectivity index (χ0v) is 14.7. The Balaban J connectivity index is 2.46. The van der Waals surface area contributed by atoms with E-state index in [1.54, 1.807) is 17.9 Å². The molecule has 0 unspecified atom stereocenters. The number of nitrogens with two attached hydrogens (primary N) is 1. The summed E-state index contributed by atoms with van der Waals surface area (Å²) in [6.07, 6.45) is 0.938. The lowest BCUT2D eigenvalue weighted by Crippen LogP contribution is -2.31. The number of hydrogen-bond acceptors (Lipinski definition) is 3. The molecule has 1 heterocycles. The lowest BCUT2D eigenvalue weighted by Gasteiger charge is -2.21. The lowest BCUT2D eigenvalue weighted by molar-refractivity contribution is 0.0777.